The maximum Gasteiger partial charge on any atom is 0.251 e. The first-order chi connectivity index (χ1) is 12.0. The van der Waals surface area contributed by atoms with Gasteiger partial charge in [-0.25, -0.2) is 4.98 Å². The highest BCUT2D eigenvalue weighted by atomic mass is 16.5. The van der Waals surface area contributed by atoms with Crippen molar-refractivity contribution in [3.05, 3.63) is 53.7 Å². The van der Waals surface area contributed by atoms with Gasteiger partial charge in [0.25, 0.3) is 5.91 Å². The number of carbonyl (C=O) groups is 1. The minimum atomic E-state index is -0.119. The van der Waals surface area contributed by atoms with Crippen molar-refractivity contribution in [1.82, 2.24) is 10.3 Å². The molecule has 0 aliphatic rings. The number of nitrogens with one attached hydrogen (secondary N) is 1. The Morgan fingerprint density at radius 1 is 1.20 bits per heavy atom. The van der Waals surface area contributed by atoms with Crippen molar-refractivity contribution < 1.29 is 9.53 Å². The van der Waals surface area contributed by atoms with Crippen molar-refractivity contribution in [3.63, 3.8) is 0 Å². The molecule has 2 rings (SSSR count). The summed E-state index contributed by atoms with van der Waals surface area (Å²) < 4.78 is 5.91. The van der Waals surface area contributed by atoms with Gasteiger partial charge in [-0.3, -0.25) is 4.79 Å². The molecule has 0 aliphatic heterocycles. The molecule has 1 heterocycles. The monoisotopic (exact) mass is 341 g/mol. The third-order valence-corrected chi connectivity index (χ3v) is 4.03. The minimum Gasteiger partial charge on any atom is -0.490 e. The van der Waals surface area contributed by atoms with Gasteiger partial charge in [0.2, 0.25) is 0 Å². The molecule has 1 aromatic carbocycles. The summed E-state index contributed by atoms with van der Waals surface area (Å²) in [6.07, 6.45) is 3.85. The van der Waals surface area contributed by atoms with E-state index in [9.17, 15) is 4.79 Å². The molecule has 25 heavy (non-hydrogen) atoms. The summed E-state index contributed by atoms with van der Waals surface area (Å²) in [5, 5.41) is 2.92. The molecule has 0 aliphatic carbocycles. The van der Waals surface area contributed by atoms with Gasteiger partial charge < -0.3 is 15.0 Å². The molecular formula is C20H27N3O2. The van der Waals surface area contributed by atoms with Crippen LogP contribution in [0.5, 0.6) is 5.75 Å². The van der Waals surface area contributed by atoms with E-state index in [-0.39, 0.29) is 12.0 Å². The number of anilines is 1. The lowest BCUT2D eigenvalue weighted by molar-refractivity contribution is 0.0950. The van der Waals surface area contributed by atoms with Crippen molar-refractivity contribution in [3.8, 4) is 5.75 Å². The number of aromatic nitrogens is 1. The summed E-state index contributed by atoms with van der Waals surface area (Å²) in [5.74, 6) is 1.51. The largest absolute Gasteiger partial charge is 0.490 e. The summed E-state index contributed by atoms with van der Waals surface area (Å²) in [6.45, 7) is 4.64. The van der Waals surface area contributed by atoms with Crippen molar-refractivity contribution >= 4 is 11.7 Å². The van der Waals surface area contributed by atoms with Gasteiger partial charge in [0.1, 0.15) is 11.6 Å². The van der Waals surface area contributed by atoms with E-state index in [1.807, 2.05) is 43.3 Å². The lowest BCUT2D eigenvalue weighted by atomic mass is 10.2. The molecule has 1 aromatic heterocycles. The molecule has 0 radical (unpaired) electrons. The number of nitrogens with zero attached hydrogens (tertiary/aromatic N) is 2. The van der Waals surface area contributed by atoms with Crippen molar-refractivity contribution in [2.45, 2.75) is 39.3 Å². The Bertz CT molecular complexity index is 680. The fraction of sp³-hybridized carbons (Fsp3) is 0.400. The molecule has 0 unspecified atom stereocenters. The van der Waals surface area contributed by atoms with Crippen molar-refractivity contribution in [2.75, 3.05) is 19.0 Å². The quantitative estimate of drug-likeness (QED) is 0.796. The number of rotatable bonds is 8. The van der Waals surface area contributed by atoms with Crippen molar-refractivity contribution in [2.24, 2.45) is 0 Å². The average Bonchev–Trinajstić information content (AvgIpc) is 2.64. The Labute approximate surface area is 150 Å². The van der Waals surface area contributed by atoms with Crippen LogP contribution in [0.4, 0.5) is 5.82 Å². The molecule has 5 heteroatoms. The number of ether oxygens (including phenoxy) is 1. The normalized spacial score (nSPS) is 10.6. The van der Waals surface area contributed by atoms with Gasteiger partial charge in [0, 0.05) is 32.4 Å². The summed E-state index contributed by atoms with van der Waals surface area (Å²) in [4.78, 5) is 18.7. The SMILES string of the molecule is CCC(CC)Oc1cccc(C(=O)NCc2ccc(N(C)C)nc2)c1. The van der Waals surface area contributed by atoms with Gasteiger partial charge in [-0.2, -0.15) is 0 Å². The highest BCUT2D eigenvalue weighted by molar-refractivity contribution is 5.94. The number of pyridine rings is 1. The second kappa shape index (κ2) is 9.06. The summed E-state index contributed by atoms with van der Waals surface area (Å²) in [7, 11) is 3.89. The fourth-order valence-electron chi connectivity index (χ4n) is 2.43. The highest BCUT2D eigenvalue weighted by Crippen LogP contribution is 2.17. The van der Waals surface area contributed by atoms with E-state index < -0.39 is 0 Å². The predicted molar refractivity (Wildman–Crippen MR) is 101 cm³/mol. The molecule has 0 fully saturated rings. The molecule has 134 valence electrons. The van der Waals surface area contributed by atoms with Gasteiger partial charge in [0.05, 0.1) is 6.10 Å². The minimum absolute atomic E-state index is 0.119. The zero-order valence-electron chi connectivity index (χ0n) is 15.5. The van der Waals surface area contributed by atoms with Gasteiger partial charge in [-0.15, -0.1) is 0 Å². The van der Waals surface area contributed by atoms with Crippen LogP contribution >= 0.6 is 0 Å². The van der Waals surface area contributed by atoms with E-state index in [1.54, 1.807) is 18.3 Å². The van der Waals surface area contributed by atoms with Gasteiger partial charge >= 0.3 is 0 Å². The van der Waals surface area contributed by atoms with Gasteiger partial charge in [0.15, 0.2) is 0 Å². The Kier molecular flexibility index (Phi) is 6.81. The van der Waals surface area contributed by atoms with E-state index in [0.717, 1.165) is 30.0 Å². The Balaban J connectivity index is 1.96. The number of amides is 1. The molecule has 5 nitrogen and oxygen atoms in total. The zero-order valence-corrected chi connectivity index (χ0v) is 15.5. The van der Waals surface area contributed by atoms with Gasteiger partial charge in [-0.05, 0) is 42.7 Å². The second-order valence-corrected chi connectivity index (χ2v) is 6.19. The molecule has 0 bridgehead atoms. The third-order valence-electron chi connectivity index (χ3n) is 4.03. The van der Waals surface area contributed by atoms with E-state index in [1.165, 1.54) is 0 Å². The summed E-state index contributed by atoms with van der Waals surface area (Å²) >= 11 is 0. The number of carbonyl (C=O) groups excluding carboxylic acids is 1. The van der Waals surface area contributed by atoms with Crippen LogP contribution in [0.15, 0.2) is 42.6 Å². The Hall–Kier alpha value is -2.56. The van der Waals surface area contributed by atoms with Crippen LogP contribution in [0.25, 0.3) is 0 Å². The number of hydrogen-bond acceptors (Lipinski definition) is 4. The molecule has 0 saturated carbocycles. The maximum atomic E-state index is 12.4. The Morgan fingerprint density at radius 3 is 2.56 bits per heavy atom. The van der Waals surface area contributed by atoms with Crippen LogP contribution in [0.2, 0.25) is 0 Å². The van der Waals surface area contributed by atoms with Crippen LogP contribution in [0, 0.1) is 0 Å². The third kappa shape index (κ3) is 5.48. The average molecular weight is 341 g/mol. The van der Waals surface area contributed by atoms with Crippen LogP contribution in [-0.4, -0.2) is 31.1 Å². The predicted octanol–water partition coefficient (Wildman–Crippen LogP) is 3.65. The highest BCUT2D eigenvalue weighted by Gasteiger charge is 2.09. The Morgan fingerprint density at radius 2 is 1.96 bits per heavy atom. The van der Waals surface area contributed by atoms with Gasteiger partial charge in [-0.1, -0.05) is 26.0 Å². The lowest BCUT2D eigenvalue weighted by Crippen LogP contribution is -2.23. The first kappa shape index (κ1) is 18.8. The van der Waals surface area contributed by atoms with Crippen LogP contribution in [0.1, 0.15) is 42.6 Å². The second-order valence-electron chi connectivity index (χ2n) is 6.19. The standard InChI is InChI=1S/C20H27N3O2/c1-5-17(6-2)25-18-9-7-8-16(12-18)20(24)22-14-15-10-11-19(21-13-15)23(3)4/h7-13,17H,5-6,14H2,1-4H3,(H,22,24). The molecule has 1 N–H and O–H groups in total. The molecular weight excluding hydrogens is 314 g/mol. The van der Waals surface area contributed by atoms with E-state index >= 15 is 0 Å². The molecule has 1 amide bonds. The molecule has 0 atom stereocenters. The fourth-order valence-corrected chi connectivity index (χ4v) is 2.43. The summed E-state index contributed by atoms with van der Waals surface area (Å²) in [5.41, 5.74) is 1.56. The number of hydrogen-bond donors (Lipinski definition) is 1. The lowest BCUT2D eigenvalue weighted by Gasteiger charge is -2.16. The van der Waals surface area contributed by atoms with Crippen LogP contribution in [0.3, 0.4) is 0 Å². The van der Waals surface area contributed by atoms with E-state index in [2.05, 4.69) is 24.1 Å². The molecule has 2 aromatic rings. The maximum absolute atomic E-state index is 12.4. The van der Waals surface area contributed by atoms with Crippen LogP contribution < -0.4 is 15.0 Å². The topological polar surface area (TPSA) is 54.5 Å². The first-order valence-corrected chi connectivity index (χ1v) is 8.70. The first-order valence-electron chi connectivity index (χ1n) is 8.70. The molecule has 0 saturated heterocycles. The zero-order chi connectivity index (χ0) is 18.2. The smallest absolute Gasteiger partial charge is 0.251 e. The summed E-state index contributed by atoms with van der Waals surface area (Å²) in [6, 6.07) is 11.2. The van der Waals surface area contributed by atoms with Crippen molar-refractivity contribution in [1.29, 1.82) is 0 Å². The number of benzene rings is 1. The van der Waals surface area contributed by atoms with E-state index in [4.69, 9.17) is 4.74 Å². The van der Waals surface area contributed by atoms with Crippen LogP contribution in [-0.2, 0) is 6.54 Å². The van der Waals surface area contributed by atoms with E-state index in [0.29, 0.717) is 12.1 Å². The molecule has 0 spiro atoms.